The van der Waals surface area contributed by atoms with Gasteiger partial charge in [-0.1, -0.05) is 159 Å². The Morgan fingerprint density at radius 3 is 1.75 bits per heavy atom. The Kier molecular flexibility index (Phi) is 21.6. The fourth-order valence-electron chi connectivity index (χ4n) is 7.17. The van der Waals surface area contributed by atoms with Crippen LogP contribution in [-0.2, 0) is 22.8 Å². The van der Waals surface area contributed by atoms with E-state index in [-0.39, 0.29) is 69.0 Å². The van der Waals surface area contributed by atoms with Crippen molar-refractivity contribution < 1.29 is 27.9 Å². The first-order chi connectivity index (χ1) is 26.7. The van der Waals surface area contributed by atoms with Crippen molar-refractivity contribution in [3.63, 3.8) is 0 Å². The average Bonchev–Trinajstić information content (AvgIpc) is 3.08. The number of ether oxygens (including phenoxy) is 1. The lowest BCUT2D eigenvalue weighted by atomic mass is 9.82. The highest BCUT2D eigenvalue weighted by molar-refractivity contribution is 6.75. The molecule has 0 radical (unpaired) electrons. The summed E-state index contributed by atoms with van der Waals surface area (Å²) in [4.78, 5) is 13.6. The van der Waals surface area contributed by atoms with Crippen LogP contribution in [0.1, 0.15) is 130 Å². The van der Waals surface area contributed by atoms with E-state index in [9.17, 15) is 9.90 Å². The van der Waals surface area contributed by atoms with Gasteiger partial charge in [0.1, 0.15) is 6.10 Å². The maximum Gasteiger partial charge on any atom is 0.331 e. The van der Waals surface area contributed by atoms with E-state index < -0.39 is 37.2 Å². The maximum atomic E-state index is 13.6. The van der Waals surface area contributed by atoms with Gasteiger partial charge in [-0.05, 0) is 97.3 Å². The number of aliphatic hydroxyl groups excluding tert-OH is 1. The molecule has 0 saturated carbocycles. The van der Waals surface area contributed by atoms with Crippen LogP contribution < -0.4 is 0 Å². The van der Waals surface area contributed by atoms with Crippen LogP contribution in [-0.4, -0.2) is 66.5 Å². The van der Waals surface area contributed by atoms with Crippen LogP contribution >= 0.6 is 0 Å². The fraction of sp³-hybridized carbons (Fsp3) is 0.780. The molecule has 342 valence electrons. The Morgan fingerprint density at radius 2 is 1.24 bits per heavy atom. The smallest absolute Gasteiger partial charge is 0.331 e. The summed E-state index contributed by atoms with van der Waals surface area (Å²) in [5.74, 6) is 0.327. The second kappa shape index (κ2) is 22.8. The standard InChI is InChI=1S/C50H94O6Si3/c1-23-24-27-38(4)47-41(7)43(54-57(17,18)48(8,9)10)33-30-36(2)34-40(6)46(56-59(21,22)50(14,15)16)39(5)31-32-42(51)35-44(55-58(19,20)49(11,12)13)37(3)28-25-26-29-45(52)53-47/h23-29,31-32,36-44,46-47,51H,1,30,33-35H2,2-22H3/b27-24-,28-25+,29-26-,32-31-/t36-,37+,38-,39-,40-,41-,42+,43+,44-,46-,47-/m0/s1. The topological polar surface area (TPSA) is 74.2 Å². The highest BCUT2D eigenvalue weighted by atomic mass is 28.4. The molecule has 0 fully saturated rings. The molecule has 0 aliphatic carbocycles. The van der Waals surface area contributed by atoms with Crippen molar-refractivity contribution in [1.29, 1.82) is 0 Å². The SMILES string of the molecule is C=C/C=C\[C@H](C)[C@@H]1OC(=O)/C=C\C=C\[C@@H](C)[C@@H](O[Si](C)(C)C(C)(C)C)C[C@H](O)/C=C\[C@H](C)[C@H](O[Si](C)(C)C(C)(C)C)[C@@H](C)C[C@@H](C)CC[C@@H](O[Si](C)(C)C(C)(C)C)[C@@H]1C. The zero-order valence-corrected chi connectivity index (χ0v) is 45.1. The van der Waals surface area contributed by atoms with Crippen LogP contribution in [0.3, 0.4) is 0 Å². The Hall–Kier alpha value is -1.34. The zero-order chi connectivity index (χ0) is 45.9. The van der Waals surface area contributed by atoms with E-state index in [1.54, 1.807) is 12.2 Å². The van der Waals surface area contributed by atoms with Crippen molar-refractivity contribution in [1.82, 2.24) is 0 Å². The molecule has 0 aromatic carbocycles. The number of hydrogen-bond acceptors (Lipinski definition) is 6. The lowest BCUT2D eigenvalue weighted by molar-refractivity contribution is -0.150. The summed E-state index contributed by atoms with van der Waals surface area (Å²) in [6.45, 7) is 51.7. The Bertz CT molecular complexity index is 1410. The molecule has 0 amide bonds. The molecule has 0 bridgehead atoms. The third-order valence-electron chi connectivity index (χ3n) is 14.4. The van der Waals surface area contributed by atoms with Crippen LogP contribution in [0.25, 0.3) is 0 Å². The maximum absolute atomic E-state index is 13.6. The molecular formula is C50H94O6Si3. The highest BCUT2D eigenvalue weighted by Gasteiger charge is 2.44. The number of allylic oxidation sites excluding steroid dienone is 4. The summed E-state index contributed by atoms with van der Waals surface area (Å²) in [5, 5.41) is 11.7. The quantitative estimate of drug-likeness (QED) is 0.108. The predicted octanol–water partition coefficient (Wildman–Crippen LogP) is 14.2. The summed E-state index contributed by atoms with van der Waals surface area (Å²) >= 11 is 0. The van der Waals surface area contributed by atoms with Gasteiger partial charge in [-0.15, -0.1) is 0 Å². The minimum absolute atomic E-state index is 0.00654. The molecule has 1 aliphatic heterocycles. The van der Waals surface area contributed by atoms with Gasteiger partial charge < -0.3 is 23.1 Å². The van der Waals surface area contributed by atoms with E-state index in [1.807, 2.05) is 18.2 Å². The van der Waals surface area contributed by atoms with Gasteiger partial charge >= 0.3 is 5.97 Å². The number of hydrogen-bond donors (Lipinski definition) is 1. The van der Waals surface area contributed by atoms with Gasteiger partial charge in [-0.25, -0.2) is 4.79 Å². The van der Waals surface area contributed by atoms with Crippen molar-refractivity contribution >= 4 is 30.9 Å². The van der Waals surface area contributed by atoms with Gasteiger partial charge in [-0.3, -0.25) is 0 Å². The molecule has 11 atom stereocenters. The molecule has 1 rings (SSSR count). The van der Waals surface area contributed by atoms with Gasteiger partial charge in [0.15, 0.2) is 25.0 Å². The molecule has 1 aliphatic rings. The lowest BCUT2D eigenvalue weighted by Gasteiger charge is -2.43. The Balaban J connectivity index is 3.93. The fourth-order valence-corrected chi connectivity index (χ4v) is 11.5. The summed E-state index contributed by atoms with van der Waals surface area (Å²) in [6.07, 6.45) is 19.2. The number of carbonyl (C=O) groups is 1. The number of aliphatic hydroxyl groups is 1. The normalized spacial score (nSPS) is 32.3. The molecular weight excluding hydrogens is 781 g/mol. The zero-order valence-electron chi connectivity index (χ0n) is 42.1. The largest absolute Gasteiger partial charge is 0.458 e. The van der Waals surface area contributed by atoms with E-state index in [0.29, 0.717) is 12.3 Å². The van der Waals surface area contributed by atoms with Crippen LogP contribution in [0.4, 0.5) is 0 Å². The molecule has 0 aromatic heterocycles. The van der Waals surface area contributed by atoms with Crippen LogP contribution in [0.15, 0.2) is 61.3 Å². The third kappa shape index (κ3) is 17.7. The van der Waals surface area contributed by atoms with E-state index in [2.05, 4.69) is 168 Å². The van der Waals surface area contributed by atoms with Gasteiger partial charge in [0.05, 0.1) is 24.4 Å². The van der Waals surface area contributed by atoms with Gasteiger partial charge in [0, 0.05) is 24.3 Å². The summed E-state index contributed by atoms with van der Waals surface area (Å²) in [7, 11) is -6.49. The molecule has 1 heterocycles. The molecule has 9 heteroatoms. The van der Waals surface area contributed by atoms with E-state index >= 15 is 0 Å². The number of esters is 1. The molecule has 6 nitrogen and oxygen atoms in total. The third-order valence-corrected chi connectivity index (χ3v) is 27.9. The van der Waals surface area contributed by atoms with E-state index in [0.717, 1.165) is 19.3 Å². The van der Waals surface area contributed by atoms with Crippen LogP contribution in [0.2, 0.25) is 54.4 Å². The second-order valence-corrected chi connectivity index (χ2v) is 37.2. The Labute approximate surface area is 368 Å². The first kappa shape index (κ1) is 55.7. The van der Waals surface area contributed by atoms with E-state index in [1.165, 1.54) is 6.08 Å². The van der Waals surface area contributed by atoms with Crippen LogP contribution in [0.5, 0.6) is 0 Å². The minimum atomic E-state index is -2.19. The number of carbonyl (C=O) groups excluding carboxylic acids is 1. The monoisotopic (exact) mass is 875 g/mol. The van der Waals surface area contributed by atoms with Gasteiger partial charge in [0.25, 0.3) is 0 Å². The lowest BCUT2D eigenvalue weighted by Crippen LogP contribution is -2.48. The first-order valence-electron chi connectivity index (χ1n) is 22.9. The molecule has 0 aromatic rings. The predicted molar refractivity (Wildman–Crippen MR) is 262 cm³/mol. The molecule has 59 heavy (non-hydrogen) atoms. The average molecular weight is 876 g/mol. The van der Waals surface area contributed by atoms with Crippen molar-refractivity contribution in [2.75, 3.05) is 0 Å². The molecule has 1 N–H and O–H groups in total. The molecule has 0 saturated heterocycles. The van der Waals surface area contributed by atoms with Gasteiger partial charge in [-0.2, -0.15) is 0 Å². The first-order valence-corrected chi connectivity index (χ1v) is 31.6. The summed E-state index contributed by atoms with van der Waals surface area (Å²) in [6, 6.07) is 0. The second-order valence-electron chi connectivity index (χ2n) is 23.0. The minimum Gasteiger partial charge on any atom is -0.458 e. The number of rotatable bonds is 9. The molecule has 0 spiro atoms. The van der Waals surface area contributed by atoms with Crippen molar-refractivity contribution in [2.24, 2.45) is 35.5 Å². The summed E-state index contributed by atoms with van der Waals surface area (Å²) in [5.41, 5.74) is 0. The van der Waals surface area contributed by atoms with E-state index in [4.69, 9.17) is 18.0 Å². The molecule has 0 unspecified atom stereocenters. The van der Waals surface area contributed by atoms with Crippen LogP contribution in [0, 0.1) is 35.5 Å². The Morgan fingerprint density at radius 1 is 0.729 bits per heavy atom. The van der Waals surface area contributed by atoms with Gasteiger partial charge in [0.2, 0.25) is 0 Å². The highest BCUT2D eigenvalue weighted by Crippen LogP contribution is 2.43. The van der Waals surface area contributed by atoms with Crippen molar-refractivity contribution in [3.05, 3.63) is 61.3 Å². The number of cyclic esters (lactones) is 1. The summed E-state index contributed by atoms with van der Waals surface area (Å²) < 4.78 is 28.0. The van der Waals surface area contributed by atoms with Crippen molar-refractivity contribution in [3.8, 4) is 0 Å². The van der Waals surface area contributed by atoms with Crippen molar-refractivity contribution in [2.45, 2.75) is 214 Å².